The van der Waals surface area contributed by atoms with Crippen LogP contribution in [0.4, 0.5) is 4.39 Å². The van der Waals surface area contributed by atoms with Crippen LogP contribution in [0.25, 0.3) is 0 Å². The number of carbonyl (C=O) groups is 2. The minimum atomic E-state index is -0.559. The lowest BCUT2D eigenvalue weighted by Gasteiger charge is -2.44. The van der Waals surface area contributed by atoms with Gasteiger partial charge in [0.15, 0.2) is 0 Å². The van der Waals surface area contributed by atoms with Crippen molar-refractivity contribution in [2.24, 2.45) is 0 Å². The Bertz CT molecular complexity index is 1240. The van der Waals surface area contributed by atoms with Gasteiger partial charge in [0.05, 0.1) is 19.1 Å². The van der Waals surface area contributed by atoms with Gasteiger partial charge in [-0.3, -0.25) is 9.59 Å². The number of fused-ring (bicyclic) bond motifs is 1. The molecule has 3 aromatic carbocycles. The predicted octanol–water partition coefficient (Wildman–Crippen LogP) is 4.09. The highest BCUT2D eigenvalue weighted by Gasteiger charge is 2.45. The minimum Gasteiger partial charge on any atom is -0.497 e. The maximum atomic E-state index is 14.2. The third kappa shape index (κ3) is 4.58. The maximum Gasteiger partial charge on any atom is 0.255 e. The van der Waals surface area contributed by atoms with Gasteiger partial charge in [0.1, 0.15) is 11.6 Å². The second kappa shape index (κ2) is 10.1. The van der Waals surface area contributed by atoms with Gasteiger partial charge in [-0.15, -0.1) is 0 Å². The molecule has 2 unspecified atom stereocenters. The maximum absolute atomic E-state index is 14.2. The fraction of sp³-hybridized carbons (Fsp3) is 0.310. The Morgan fingerprint density at radius 2 is 1.61 bits per heavy atom. The zero-order valence-corrected chi connectivity index (χ0v) is 20.6. The number of rotatable bonds is 5. The van der Waals surface area contributed by atoms with E-state index in [-0.39, 0.29) is 24.2 Å². The molecular formula is C29H30FN3O3. The van der Waals surface area contributed by atoms with Crippen molar-refractivity contribution in [2.45, 2.75) is 18.5 Å². The Labute approximate surface area is 210 Å². The number of benzene rings is 3. The Morgan fingerprint density at radius 1 is 0.944 bits per heavy atom. The van der Waals surface area contributed by atoms with Gasteiger partial charge >= 0.3 is 0 Å². The van der Waals surface area contributed by atoms with Crippen molar-refractivity contribution in [1.29, 1.82) is 0 Å². The highest BCUT2D eigenvalue weighted by Crippen LogP contribution is 2.44. The first-order valence-electron chi connectivity index (χ1n) is 12.2. The van der Waals surface area contributed by atoms with E-state index in [2.05, 4.69) is 11.9 Å². The number of likely N-dealkylation sites (N-methyl/N-ethyl adjacent to an activating group) is 1. The third-order valence-corrected chi connectivity index (χ3v) is 7.24. The van der Waals surface area contributed by atoms with Gasteiger partial charge in [0, 0.05) is 38.3 Å². The lowest BCUT2D eigenvalue weighted by molar-refractivity contribution is -0.136. The summed E-state index contributed by atoms with van der Waals surface area (Å²) in [4.78, 5) is 33.9. The summed E-state index contributed by atoms with van der Waals surface area (Å²) in [6.07, 6.45) is 0. The largest absolute Gasteiger partial charge is 0.497 e. The molecular weight excluding hydrogens is 457 g/mol. The number of amides is 2. The quantitative estimate of drug-likeness (QED) is 0.544. The van der Waals surface area contributed by atoms with E-state index < -0.39 is 12.0 Å². The zero-order chi connectivity index (χ0) is 25.2. The van der Waals surface area contributed by atoms with Crippen LogP contribution in [0.5, 0.6) is 5.75 Å². The molecule has 2 heterocycles. The van der Waals surface area contributed by atoms with Crippen molar-refractivity contribution in [1.82, 2.24) is 14.7 Å². The van der Waals surface area contributed by atoms with Crippen LogP contribution < -0.4 is 4.74 Å². The average molecular weight is 488 g/mol. The molecule has 0 radical (unpaired) electrons. The second-order valence-electron chi connectivity index (χ2n) is 9.47. The highest BCUT2D eigenvalue weighted by molar-refractivity contribution is 6.01. The van der Waals surface area contributed by atoms with Gasteiger partial charge in [0.25, 0.3) is 5.91 Å². The zero-order valence-electron chi connectivity index (χ0n) is 20.6. The smallest absolute Gasteiger partial charge is 0.255 e. The van der Waals surface area contributed by atoms with Gasteiger partial charge in [-0.1, -0.05) is 42.5 Å². The lowest BCUT2D eigenvalue weighted by Crippen LogP contribution is -2.52. The molecule has 1 saturated heterocycles. The van der Waals surface area contributed by atoms with E-state index >= 15 is 0 Å². The van der Waals surface area contributed by atoms with Gasteiger partial charge in [0.2, 0.25) is 5.91 Å². The first-order valence-corrected chi connectivity index (χ1v) is 12.2. The van der Waals surface area contributed by atoms with E-state index in [0.29, 0.717) is 24.4 Å². The highest BCUT2D eigenvalue weighted by atomic mass is 19.1. The molecule has 6 nitrogen and oxygen atoms in total. The summed E-state index contributed by atoms with van der Waals surface area (Å²) in [5.74, 6) is -0.306. The Morgan fingerprint density at radius 3 is 2.28 bits per heavy atom. The van der Waals surface area contributed by atoms with Gasteiger partial charge in [-0.2, -0.15) is 0 Å². The van der Waals surface area contributed by atoms with E-state index in [9.17, 15) is 14.0 Å². The molecule has 0 aromatic heterocycles. The lowest BCUT2D eigenvalue weighted by atomic mass is 9.78. The summed E-state index contributed by atoms with van der Waals surface area (Å²) in [7, 11) is 3.66. The molecule has 0 bridgehead atoms. The molecule has 1 fully saturated rings. The molecule has 7 heteroatoms. The van der Waals surface area contributed by atoms with Crippen molar-refractivity contribution in [2.75, 3.05) is 40.3 Å². The molecule has 2 amide bonds. The summed E-state index contributed by atoms with van der Waals surface area (Å²) >= 11 is 0. The van der Waals surface area contributed by atoms with E-state index in [0.717, 1.165) is 29.8 Å². The van der Waals surface area contributed by atoms with Crippen LogP contribution in [-0.2, 0) is 11.3 Å². The third-order valence-electron chi connectivity index (χ3n) is 7.24. The molecule has 2 aliphatic heterocycles. The van der Waals surface area contributed by atoms with Crippen LogP contribution in [0.1, 0.15) is 39.0 Å². The van der Waals surface area contributed by atoms with Crippen LogP contribution in [0.3, 0.4) is 0 Å². The molecule has 2 atom stereocenters. The number of piperazine rings is 1. The Balaban J connectivity index is 1.62. The molecule has 0 aliphatic carbocycles. The molecule has 186 valence electrons. The topological polar surface area (TPSA) is 53.1 Å². The molecule has 0 saturated carbocycles. The molecule has 2 aliphatic rings. The number of carbonyl (C=O) groups excluding carboxylic acids is 2. The summed E-state index contributed by atoms with van der Waals surface area (Å²) < 4.78 is 19.0. The minimum absolute atomic E-state index is 0.0213. The summed E-state index contributed by atoms with van der Waals surface area (Å²) in [6, 6.07) is 20.6. The number of hydrogen-bond donors (Lipinski definition) is 0. The Hall–Kier alpha value is -3.71. The van der Waals surface area contributed by atoms with Crippen LogP contribution >= 0.6 is 0 Å². The summed E-state index contributed by atoms with van der Waals surface area (Å²) in [5.41, 5.74) is 2.95. The van der Waals surface area contributed by atoms with E-state index in [1.165, 1.54) is 12.1 Å². The molecule has 5 rings (SSSR count). The van der Waals surface area contributed by atoms with Crippen LogP contribution in [0.2, 0.25) is 0 Å². The monoisotopic (exact) mass is 487 g/mol. The standard InChI is InChI=1S/C29H30FN3O3/c1-31-15-17-32(18-16-31)29(35)26-24-5-3-4-6-25(24)28(34)33(19-20-7-11-22(30)12-8-20)27(26)21-9-13-23(36-2)14-10-21/h3-14,26-27H,15-19H2,1-2H3. The van der Waals surface area contributed by atoms with Crippen LogP contribution in [0.15, 0.2) is 72.8 Å². The van der Waals surface area contributed by atoms with Crippen molar-refractivity contribution < 1.29 is 18.7 Å². The number of ether oxygens (including phenoxy) is 1. The van der Waals surface area contributed by atoms with Gasteiger partial charge < -0.3 is 19.4 Å². The molecule has 0 spiro atoms. The molecule has 3 aromatic rings. The fourth-order valence-corrected chi connectivity index (χ4v) is 5.22. The van der Waals surface area contributed by atoms with Gasteiger partial charge in [-0.05, 0) is 54.1 Å². The van der Waals surface area contributed by atoms with E-state index in [1.807, 2.05) is 47.4 Å². The summed E-state index contributed by atoms with van der Waals surface area (Å²) in [5, 5.41) is 0. The fourth-order valence-electron chi connectivity index (χ4n) is 5.22. The van der Waals surface area contributed by atoms with Crippen LogP contribution in [0, 0.1) is 5.82 Å². The Kier molecular flexibility index (Phi) is 6.74. The molecule has 36 heavy (non-hydrogen) atoms. The van der Waals surface area contributed by atoms with Crippen LogP contribution in [-0.4, -0.2) is 66.9 Å². The number of methoxy groups -OCH3 is 1. The van der Waals surface area contributed by atoms with Crippen molar-refractivity contribution in [3.63, 3.8) is 0 Å². The van der Waals surface area contributed by atoms with Gasteiger partial charge in [-0.25, -0.2) is 4.39 Å². The number of halogens is 1. The van der Waals surface area contributed by atoms with Crippen molar-refractivity contribution in [3.05, 3.63) is 101 Å². The first-order chi connectivity index (χ1) is 17.5. The number of hydrogen-bond acceptors (Lipinski definition) is 4. The van der Waals surface area contributed by atoms with E-state index in [4.69, 9.17) is 4.74 Å². The van der Waals surface area contributed by atoms with E-state index in [1.54, 1.807) is 30.2 Å². The summed E-state index contributed by atoms with van der Waals surface area (Å²) in [6.45, 7) is 3.18. The van der Waals surface area contributed by atoms with Crippen molar-refractivity contribution >= 4 is 11.8 Å². The average Bonchev–Trinajstić information content (AvgIpc) is 2.91. The predicted molar refractivity (Wildman–Crippen MR) is 135 cm³/mol. The molecule has 0 N–H and O–H groups in total. The van der Waals surface area contributed by atoms with Crippen molar-refractivity contribution in [3.8, 4) is 5.75 Å². The first kappa shape index (κ1) is 24.0. The number of nitrogens with zero attached hydrogens (tertiary/aromatic N) is 3. The second-order valence-corrected chi connectivity index (χ2v) is 9.47. The SMILES string of the molecule is COc1ccc(C2C(C(=O)N3CCN(C)CC3)c3ccccc3C(=O)N2Cc2ccc(F)cc2)cc1. The normalized spacial score (nSPS) is 20.2.